The molecule has 7 aromatic rings. The molecule has 0 aromatic heterocycles. The number of carbonyl (C=O) groups is 4. The normalized spacial score (nSPS) is 17.8. The van der Waals surface area contributed by atoms with Crippen LogP contribution in [0.15, 0.2) is 191 Å². The zero-order chi connectivity index (χ0) is 55.4. The average Bonchev–Trinajstić information content (AvgIpc) is 4.43. The minimum atomic E-state index is -0.369. The van der Waals surface area contributed by atoms with Gasteiger partial charge in [0, 0.05) is 61.9 Å². The Morgan fingerprint density at radius 2 is 0.864 bits per heavy atom. The summed E-state index contributed by atoms with van der Waals surface area (Å²) in [7, 11) is 0. The van der Waals surface area contributed by atoms with Gasteiger partial charge in [-0.05, 0) is 78.3 Å². The molecule has 404 valence electrons. The number of allylic oxidation sites excluding steroid dienone is 3. The number of ether oxygens (including phenoxy) is 4. The monoisotopic (exact) mass is 1070 g/mol. The van der Waals surface area contributed by atoms with Crippen LogP contribution in [-0.4, -0.2) is 67.4 Å². The van der Waals surface area contributed by atoms with Gasteiger partial charge in [-0.3, -0.25) is 4.99 Å². The second kappa shape index (κ2) is 23.3. The molecule has 11 nitrogen and oxygen atoms in total. The summed E-state index contributed by atoms with van der Waals surface area (Å²) in [6.45, 7) is 4.86. The molecule has 5 aliphatic rings. The van der Waals surface area contributed by atoms with Crippen molar-refractivity contribution >= 4 is 41.0 Å². The Labute approximate surface area is 471 Å². The van der Waals surface area contributed by atoms with Crippen molar-refractivity contribution in [3.63, 3.8) is 0 Å². The lowest BCUT2D eigenvalue weighted by atomic mass is 9.82. The summed E-state index contributed by atoms with van der Waals surface area (Å²) in [5.41, 5.74) is 17.2. The van der Waals surface area contributed by atoms with Crippen LogP contribution in [0.25, 0.3) is 33.4 Å². The summed E-state index contributed by atoms with van der Waals surface area (Å²) >= 11 is 0. The standard InChI is InChI=1S/C70H61N3O8/c1-3-78-67(74)55-37-21-33-51-59(55)43-25-11-15-29-47(43)63(51)71-64-48-30-16-12-26-44(48)60-52(64)34-22-39-57(60)69(76)80-41-19-9-7-5-6-8-10-20-42-81-70(77)58-40-24-36-54-62(58)46-28-14-18-32-50(46)66(54)73-72-65-49-31-17-13-27-45(49)61-53(65)35-23-38-56(61)68(75)79-4-2/h11-18,21-40,53,61,64H,3-10,19-20,41-42H2,1-2H3/b71-63?,72-65+,73-66-. The van der Waals surface area contributed by atoms with Crippen LogP contribution >= 0.6 is 0 Å². The lowest BCUT2D eigenvalue weighted by Crippen LogP contribution is -2.22. The van der Waals surface area contributed by atoms with Crippen LogP contribution < -0.4 is 0 Å². The highest BCUT2D eigenvalue weighted by molar-refractivity contribution is 6.28. The van der Waals surface area contributed by atoms with E-state index in [1.165, 1.54) is 0 Å². The summed E-state index contributed by atoms with van der Waals surface area (Å²) < 4.78 is 22.8. The molecule has 0 amide bonds. The molecule has 0 fully saturated rings. The molecule has 12 rings (SSSR count). The molecule has 3 atom stereocenters. The maximum Gasteiger partial charge on any atom is 0.338 e. The van der Waals surface area contributed by atoms with E-state index in [2.05, 4.69) is 18.2 Å². The quantitative estimate of drug-likeness (QED) is 0.0337. The maximum atomic E-state index is 13.9. The topological polar surface area (TPSA) is 142 Å². The average molecular weight is 1070 g/mol. The minimum absolute atomic E-state index is 0.181. The highest BCUT2D eigenvalue weighted by Gasteiger charge is 2.43. The third kappa shape index (κ3) is 9.85. The third-order valence-electron chi connectivity index (χ3n) is 16.1. The Balaban J connectivity index is 0.621. The zero-order valence-corrected chi connectivity index (χ0v) is 45.5. The zero-order valence-electron chi connectivity index (χ0n) is 45.5. The first-order valence-corrected chi connectivity index (χ1v) is 28.4. The van der Waals surface area contributed by atoms with Crippen LogP contribution in [0.4, 0.5) is 0 Å². The summed E-state index contributed by atoms with van der Waals surface area (Å²) in [6.07, 6.45) is 13.5. The van der Waals surface area contributed by atoms with Gasteiger partial charge in [-0.2, -0.15) is 5.10 Å². The van der Waals surface area contributed by atoms with Crippen LogP contribution in [0, 0.1) is 5.92 Å². The van der Waals surface area contributed by atoms with Gasteiger partial charge in [-0.15, -0.1) is 5.10 Å². The van der Waals surface area contributed by atoms with Crippen LogP contribution in [-0.2, 0) is 23.7 Å². The number of fused-ring (bicyclic) bond motifs is 12. The van der Waals surface area contributed by atoms with Crippen molar-refractivity contribution in [1.82, 2.24) is 0 Å². The Bertz CT molecular complexity index is 3820. The predicted molar refractivity (Wildman–Crippen MR) is 315 cm³/mol. The molecule has 0 saturated carbocycles. The number of nitrogens with zero attached hydrogens (tertiary/aromatic N) is 3. The van der Waals surface area contributed by atoms with Gasteiger partial charge in [0.25, 0.3) is 0 Å². The first-order chi connectivity index (χ1) is 39.9. The van der Waals surface area contributed by atoms with Gasteiger partial charge in [0.2, 0.25) is 0 Å². The van der Waals surface area contributed by atoms with Crippen molar-refractivity contribution in [2.24, 2.45) is 21.1 Å². The van der Waals surface area contributed by atoms with Gasteiger partial charge in [0.1, 0.15) is 11.8 Å². The fourth-order valence-corrected chi connectivity index (χ4v) is 12.5. The van der Waals surface area contributed by atoms with Crippen molar-refractivity contribution in [3.05, 3.63) is 237 Å². The first kappa shape index (κ1) is 52.6. The molecule has 0 aliphatic heterocycles. The van der Waals surface area contributed by atoms with Gasteiger partial charge in [0.15, 0.2) is 0 Å². The van der Waals surface area contributed by atoms with Gasteiger partial charge in [-0.1, -0.05) is 190 Å². The van der Waals surface area contributed by atoms with Crippen molar-refractivity contribution in [1.29, 1.82) is 0 Å². The SMILES string of the molecule is CCOC(=O)C1=CC=CC2/C(=N/N=C3/c4ccccc4-c4c(C(=O)OCCCCCCCCCCOC(=O)c5cccc6c5-c5ccccc5C6N=C5c6ccccc6-c6c(C(=O)OCC)cccc65)cccc43)c3ccccc3C12. The molecule has 0 saturated heterocycles. The van der Waals surface area contributed by atoms with Crippen LogP contribution in [0.1, 0.15) is 153 Å². The smallest absolute Gasteiger partial charge is 0.338 e. The first-order valence-electron chi connectivity index (χ1n) is 28.4. The van der Waals surface area contributed by atoms with Gasteiger partial charge >= 0.3 is 23.9 Å². The van der Waals surface area contributed by atoms with Crippen molar-refractivity contribution < 1.29 is 38.1 Å². The van der Waals surface area contributed by atoms with E-state index in [1.807, 2.05) is 166 Å². The van der Waals surface area contributed by atoms with Crippen molar-refractivity contribution in [2.75, 3.05) is 26.4 Å². The van der Waals surface area contributed by atoms with E-state index < -0.39 is 0 Å². The fraction of sp³-hybridized carbons (Fsp3) is 0.243. The molecular weight excluding hydrogens is 1010 g/mol. The van der Waals surface area contributed by atoms with E-state index in [9.17, 15) is 19.2 Å². The van der Waals surface area contributed by atoms with Gasteiger partial charge < -0.3 is 18.9 Å². The van der Waals surface area contributed by atoms with E-state index in [0.29, 0.717) is 47.8 Å². The number of aliphatic imine (C=N–C) groups is 1. The lowest BCUT2D eigenvalue weighted by Gasteiger charge is -2.22. The Morgan fingerprint density at radius 1 is 0.407 bits per heavy atom. The number of esters is 4. The molecule has 7 aromatic carbocycles. The Hall–Kier alpha value is -9.09. The Morgan fingerprint density at radius 3 is 1.48 bits per heavy atom. The molecule has 5 aliphatic carbocycles. The molecule has 3 unspecified atom stereocenters. The number of rotatable bonds is 19. The summed E-state index contributed by atoms with van der Waals surface area (Å²) in [4.78, 5) is 59.3. The summed E-state index contributed by atoms with van der Waals surface area (Å²) in [5.74, 6) is -1.78. The molecule has 11 heteroatoms. The number of carbonyl (C=O) groups excluding carboxylic acids is 4. The predicted octanol–water partition coefficient (Wildman–Crippen LogP) is 14.6. The highest BCUT2D eigenvalue weighted by atomic mass is 16.5. The number of hydrogen-bond donors (Lipinski definition) is 0. The lowest BCUT2D eigenvalue weighted by molar-refractivity contribution is -0.138. The molecule has 0 bridgehead atoms. The van der Waals surface area contributed by atoms with E-state index >= 15 is 0 Å². The summed E-state index contributed by atoms with van der Waals surface area (Å²) in [5, 5.41) is 9.88. The van der Waals surface area contributed by atoms with E-state index in [0.717, 1.165) is 141 Å². The largest absolute Gasteiger partial charge is 0.463 e. The second-order valence-electron chi connectivity index (χ2n) is 20.9. The van der Waals surface area contributed by atoms with Crippen molar-refractivity contribution in [2.45, 2.75) is 77.2 Å². The molecule has 0 heterocycles. The van der Waals surface area contributed by atoms with Gasteiger partial charge in [0.05, 0.1) is 54.5 Å². The number of benzene rings is 7. The minimum Gasteiger partial charge on any atom is -0.463 e. The van der Waals surface area contributed by atoms with E-state index in [-0.39, 0.29) is 48.4 Å². The molecule has 81 heavy (non-hydrogen) atoms. The number of unbranched alkanes of at least 4 members (excludes halogenated alkanes) is 7. The van der Waals surface area contributed by atoms with E-state index in [1.54, 1.807) is 0 Å². The third-order valence-corrected chi connectivity index (χ3v) is 16.1. The highest BCUT2D eigenvalue weighted by Crippen LogP contribution is 2.50. The molecule has 0 radical (unpaired) electrons. The van der Waals surface area contributed by atoms with Crippen molar-refractivity contribution in [3.8, 4) is 33.4 Å². The fourth-order valence-electron chi connectivity index (χ4n) is 12.5. The Kier molecular flexibility index (Phi) is 15.1. The second-order valence-corrected chi connectivity index (χ2v) is 20.9. The molecular formula is C70H61N3O8. The maximum absolute atomic E-state index is 13.9. The molecule has 0 N–H and O–H groups in total. The molecule has 0 spiro atoms. The van der Waals surface area contributed by atoms with Crippen LogP contribution in [0.2, 0.25) is 0 Å². The number of hydrogen-bond acceptors (Lipinski definition) is 11. The van der Waals surface area contributed by atoms with Gasteiger partial charge in [-0.25, -0.2) is 19.2 Å². The van der Waals surface area contributed by atoms with Crippen LogP contribution in [0.5, 0.6) is 0 Å². The van der Waals surface area contributed by atoms with Crippen LogP contribution in [0.3, 0.4) is 0 Å². The summed E-state index contributed by atoms with van der Waals surface area (Å²) in [6, 6.07) is 49.0. The van der Waals surface area contributed by atoms with E-state index in [4.69, 9.17) is 34.1 Å².